The average molecular weight is 292 g/mol. The molecule has 0 heterocycles. The topological polar surface area (TPSA) is 0 Å². The second kappa shape index (κ2) is 9.25. The number of hydrogen-bond donors (Lipinski definition) is 0. The van der Waals surface area contributed by atoms with E-state index in [1.54, 1.807) is 0 Å². The van der Waals surface area contributed by atoms with E-state index in [1.165, 1.54) is 47.6 Å². The van der Waals surface area contributed by atoms with Crippen molar-refractivity contribution < 1.29 is 0 Å². The first-order chi connectivity index (χ1) is 10.8. The van der Waals surface area contributed by atoms with Crippen LogP contribution in [0.4, 0.5) is 0 Å². The van der Waals surface area contributed by atoms with Crippen LogP contribution in [0.3, 0.4) is 0 Å². The van der Waals surface area contributed by atoms with Gasteiger partial charge in [-0.1, -0.05) is 74.4 Å². The number of benzene rings is 2. The second-order valence-electron chi connectivity index (χ2n) is 5.99. The zero-order valence-electron chi connectivity index (χ0n) is 14.0. The fourth-order valence-electron chi connectivity index (χ4n) is 2.70. The molecule has 0 aromatic heterocycles. The van der Waals surface area contributed by atoms with Gasteiger partial charge >= 0.3 is 0 Å². The zero-order valence-corrected chi connectivity index (χ0v) is 14.0. The largest absolute Gasteiger partial charge is 0.0885 e. The summed E-state index contributed by atoms with van der Waals surface area (Å²) in [5.41, 5.74) is 2.72. The summed E-state index contributed by atoms with van der Waals surface area (Å²) in [6.45, 7) is 4.47. The van der Waals surface area contributed by atoms with Crippen molar-refractivity contribution in [2.45, 2.75) is 52.4 Å². The maximum absolute atomic E-state index is 2.36. The van der Waals surface area contributed by atoms with Crippen molar-refractivity contribution in [3.05, 3.63) is 66.3 Å². The monoisotopic (exact) mass is 292 g/mol. The highest BCUT2D eigenvalue weighted by atomic mass is 14.0. The molecule has 0 unspecified atom stereocenters. The third-order valence-electron chi connectivity index (χ3n) is 4.13. The number of unbranched alkanes of at least 4 members (excludes halogenated alkanes) is 4. The molecule has 0 aliphatic heterocycles. The van der Waals surface area contributed by atoms with E-state index in [1.807, 2.05) is 0 Å². The number of allylic oxidation sites excluding steroid dienone is 4. The summed E-state index contributed by atoms with van der Waals surface area (Å²) in [5.74, 6) is 0. The molecule has 0 amide bonds. The molecule has 0 bridgehead atoms. The normalized spacial score (nSPS) is 12.4. The first kappa shape index (κ1) is 16.5. The van der Waals surface area contributed by atoms with Crippen molar-refractivity contribution in [2.24, 2.45) is 0 Å². The molecule has 0 saturated heterocycles. The summed E-state index contributed by atoms with van der Waals surface area (Å²) >= 11 is 0. The predicted molar refractivity (Wildman–Crippen MR) is 100 cm³/mol. The van der Waals surface area contributed by atoms with E-state index < -0.39 is 0 Å². The molecule has 0 saturated carbocycles. The van der Waals surface area contributed by atoms with Crippen molar-refractivity contribution in [3.63, 3.8) is 0 Å². The Hall–Kier alpha value is -1.82. The van der Waals surface area contributed by atoms with E-state index in [9.17, 15) is 0 Å². The Morgan fingerprint density at radius 2 is 1.64 bits per heavy atom. The van der Waals surface area contributed by atoms with Crippen molar-refractivity contribution in [1.29, 1.82) is 0 Å². The van der Waals surface area contributed by atoms with E-state index in [0.29, 0.717) is 0 Å². The van der Waals surface area contributed by atoms with Crippen LogP contribution < -0.4 is 0 Å². The van der Waals surface area contributed by atoms with E-state index in [4.69, 9.17) is 0 Å². The fraction of sp³-hybridized carbons (Fsp3) is 0.364. The highest BCUT2D eigenvalue weighted by Gasteiger charge is 1.97. The van der Waals surface area contributed by atoms with Gasteiger partial charge in [0.15, 0.2) is 0 Å². The van der Waals surface area contributed by atoms with E-state index in [0.717, 1.165) is 12.8 Å². The smallest absolute Gasteiger partial charge is 0.0178 e. The van der Waals surface area contributed by atoms with Crippen LogP contribution in [-0.4, -0.2) is 0 Å². The molecule has 0 heteroatoms. The van der Waals surface area contributed by atoms with Crippen LogP contribution in [0.2, 0.25) is 0 Å². The number of fused-ring (bicyclic) bond motifs is 1. The van der Waals surface area contributed by atoms with Gasteiger partial charge in [-0.3, -0.25) is 0 Å². The maximum atomic E-state index is 2.36. The van der Waals surface area contributed by atoms with Crippen LogP contribution in [0, 0.1) is 0 Å². The van der Waals surface area contributed by atoms with Gasteiger partial charge in [0, 0.05) is 0 Å². The minimum Gasteiger partial charge on any atom is -0.0885 e. The van der Waals surface area contributed by atoms with Gasteiger partial charge in [-0.2, -0.15) is 0 Å². The lowest BCUT2D eigenvalue weighted by molar-refractivity contribution is 0.728. The van der Waals surface area contributed by atoms with Crippen molar-refractivity contribution >= 4 is 16.3 Å². The van der Waals surface area contributed by atoms with Crippen molar-refractivity contribution in [1.82, 2.24) is 0 Å². The average Bonchev–Trinajstić information content (AvgIpc) is 2.56. The van der Waals surface area contributed by atoms with Gasteiger partial charge in [0.25, 0.3) is 0 Å². The van der Waals surface area contributed by atoms with Crippen LogP contribution in [0.5, 0.6) is 0 Å². The molecule has 2 aromatic rings. The minimum absolute atomic E-state index is 1.13. The molecule has 0 fully saturated rings. The lowest BCUT2D eigenvalue weighted by Crippen LogP contribution is -1.81. The lowest BCUT2D eigenvalue weighted by atomic mass is 10.0. The van der Waals surface area contributed by atoms with Crippen LogP contribution in [0.15, 0.2) is 60.7 Å². The summed E-state index contributed by atoms with van der Waals surface area (Å²) in [6, 6.07) is 15.3. The van der Waals surface area contributed by atoms with Crippen molar-refractivity contribution in [2.75, 3.05) is 0 Å². The van der Waals surface area contributed by atoms with Gasteiger partial charge in [0.1, 0.15) is 0 Å². The molecule has 0 radical (unpaired) electrons. The summed E-state index contributed by atoms with van der Waals surface area (Å²) in [5, 5.41) is 2.64. The first-order valence-corrected chi connectivity index (χ1v) is 8.62. The van der Waals surface area contributed by atoms with Gasteiger partial charge in [-0.25, -0.2) is 0 Å². The molecule has 0 N–H and O–H groups in total. The Kier molecular flexibility index (Phi) is 6.96. The van der Waals surface area contributed by atoms with E-state index in [-0.39, 0.29) is 0 Å². The Morgan fingerprint density at radius 3 is 2.45 bits per heavy atom. The quantitative estimate of drug-likeness (QED) is 0.357. The lowest BCUT2D eigenvalue weighted by Gasteiger charge is -2.04. The molecule has 0 spiro atoms. The first-order valence-electron chi connectivity index (χ1n) is 8.62. The fourth-order valence-corrected chi connectivity index (χ4v) is 2.70. The predicted octanol–water partition coefficient (Wildman–Crippen LogP) is 7.16. The van der Waals surface area contributed by atoms with Crippen molar-refractivity contribution in [3.8, 4) is 0 Å². The van der Waals surface area contributed by atoms with Gasteiger partial charge in [-0.15, -0.1) is 0 Å². The Bertz CT molecular complexity index is 631. The highest BCUT2D eigenvalue weighted by molar-refractivity contribution is 5.86. The third-order valence-corrected chi connectivity index (χ3v) is 4.13. The van der Waals surface area contributed by atoms with Crippen LogP contribution in [0.25, 0.3) is 16.3 Å². The van der Waals surface area contributed by atoms with E-state index >= 15 is 0 Å². The summed E-state index contributed by atoms with van der Waals surface area (Å²) < 4.78 is 0. The van der Waals surface area contributed by atoms with Gasteiger partial charge in [0.05, 0.1) is 0 Å². The van der Waals surface area contributed by atoms with Gasteiger partial charge in [-0.05, 0) is 60.6 Å². The van der Waals surface area contributed by atoms with Gasteiger partial charge in [0.2, 0.25) is 0 Å². The second-order valence-corrected chi connectivity index (χ2v) is 5.99. The van der Waals surface area contributed by atoms with E-state index in [2.05, 4.69) is 74.5 Å². The molecule has 116 valence electrons. The molecule has 2 aromatic carbocycles. The Morgan fingerprint density at radius 1 is 0.864 bits per heavy atom. The molecule has 2 rings (SSSR count). The molecule has 22 heavy (non-hydrogen) atoms. The standard InChI is InChI=1S/C22H28/c1-3-4-5-6-7-8-9-10-13-19(2)21-17-16-20-14-11-12-15-22(20)18-21/h7-8,11-18H,3-6,9-10H2,1-2H3/b8-7+,19-13?. The highest BCUT2D eigenvalue weighted by Crippen LogP contribution is 2.21. The maximum Gasteiger partial charge on any atom is -0.0178 e. The molecule has 0 aliphatic rings. The number of rotatable bonds is 8. The minimum atomic E-state index is 1.13. The molecule has 0 nitrogen and oxygen atoms in total. The molecular weight excluding hydrogens is 264 g/mol. The van der Waals surface area contributed by atoms with Gasteiger partial charge < -0.3 is 0 Å². The summed E-state index contributed by atoms with van der Waals surface area (Å²) in [7, 11) is 0. The SMILES string of the molecule is CCCCC/C=C/CCC=C(C)c1ccc2ccccc2c1. The Balaban J connectivity index is 1.85. The van der Waals surface area contributed by atoms with Crippen LogP contribution in [-0.2, 0) is 0 Å². The zero-order chi connectivity index (χ0) is 15.6. The number of hydrogen-bond acceptors (Lipinski definition) is 0. The van der Waals surface area contributed by atoms with Crippen LogP contribution in [0.1, 0.15) is 57.9 Å². The molecule has 0 aliphatic carbocycles. The summed E-state index contributed by atoms with van der Waals surface area (Å²) in [4.78, 5) is 0. The summed E-state index contributed by atoms with van der Waals surface area (Å²) in [6.07, 6.45) is 14.5. The Labute approximate surface area is 135 Å². The van der Waals surface area contributed by atoms with Crippen LogP contribution >= 0.6 is 0 Å². The molecular formula is C22H28. The third kappa shape index (κ3) is 5.18. The molecule has 0 atom stereocenters.